The van der Waals surface area contributed by atoms with Crippen molar-refractivity contribution in [1.29, 1.82) is 0 Å². The molecule has 1 unspecified atom stereocenters. The Morgan fingerprint density at radius 1 is 0.468 bits per heavy atom. The number of carbonyl (C=O) groups excluding carboxylic acids is 3. The zero-order chi connectivity index (χ0) is 54.9. The van der Waals surface area contributed by atoms with Crippen LogP contribution in [0.15, 0.2) is 152 Å². The number of nitrogens with two attached hydrogens (primary N) is 1. The molecule has 14 heteroatoms. The van der Waals surface area contributed by atoms with E-state index in [9.17, 15) is 14.4 Å². The van der Waals surface area contributed by atoms with Crippen molar-refractivity contribution in [2.75, 3.05) is 60.5 Å². The average Bonchev–Trinajstić information content (AvgIpc) is 3.44. The summed E-state index contributed by atoms with van der Waals surface area (Å²) in [5.41, 5.74) is 11.6. The van der Waals surface area contributed by atoms with Gasteiger partial charge in [0.25, 0.3) is 8.32 Å². The van der Waals surface area contributed by atoms with Crippen molar-refractivity contribution in [3.05, 3.63) is 191 Å². The predicted molar refractivity (Wildman–Crippen MR) is 301 cm³/mol. The summed E-state index contributed by atoms with van der Waals surface area (Å²) in [6.07, 6.45) is 1.78. The number of benzene rings is 6. The van der Waals surface area contributed by atoms with Crippen molar-refractivity contribution >= 4 is 36.5 Å². The molecule has 0 aliphatic rings. The third-order valence-electron chi connectivity index (χ3n) is 13.3. The Kier molecular flexibility index (Phi) is 23.5. The summed E-state index contributed by atoms with van der Waals surface area (Å²) in [4.78, 5) is 35.9. The minimum atomic E-state index is -2.68. The minimum Gasteiger partial charge on any atom is -0.493 e. The standard InChI is InChI=1S/C63H77NO12Si/c1-48(65)74-37-34-50-19-25-53(26-20-50)41-72-45-63(47-75-61(67)32-31-60(64)66,44-71-40-52-23-17-49(18-24-52)33-36-70-43-55-29-30-58(68-5)59(39-55)69-6)46-73-42-54-27-21-51(22-28-54)35-38-76-77(62(2,3)4,56-13-9-7-10-14-56)57-15-11-8-12-16-57/h7-30,39H,31-38,40-47H2,1-6H3,(H2,64,66). The smallest absolute Gasteiger partial charge is 0.306 e. The maximum Gasteiger partial charge on any atom is 0.306 e. The molecule has 0 fully saturated rings. The van der Waals surface area contributed by atoms with Crippen LogP contribution in [0.3, 0.4) is 0 Å². The van der Waals surface area contributed by atoms with Gasteiger partial charge in [-0.15, -0.1) is 0 Å². The molecule has 6 aromatic carbocycles. The number of carbonyl (C=O) groups is 3. The van der Waals surface area contributed by atoms with Gasteiger partial charge in [-0.25, -0.2) is 0 Å². The lowest BCUT2D eigenvalue weighted by Crippen LogP contribution is -2.66. The third kappa shape index (κ3) is 18.8. The molecule has 0 saturated heterocycles. The van der Waals surface area contributed by atoms with E-state index in [-0.39, 0.29) is 70.1 Å². The fourth-order valence-electron chi connectivity index (χ4n) is 9.09. The topological polar surface area (TPSA) is 160 Å². The van der Waals surface area contributed by atoms with Gasteiger partial charge in [-0.1, -0.05) is 160 Å². The second kappa shape index (κ2) is 30.3. The van der Waals surface area contributed by atoms with E-state index < -0.39 is 25.6 Å². The molecule has 1 amide bonds. The molecule has 1 atom stereocenters. The lowest BCUT2D eigenvalue weighted by molar-refractivity contribution is -0.158. The second-order valence-electron chi connectivity index (χ2n) is 20.4. The molecule has 77 heavy (non-hydrogen) atoms. The van der Waals surface area contributed by atoms with Gasteiger partial charge < -0.3 is 48.1 Å². The van der Waals surface area contributed by atoms with Crippen LogP contribution in [-0.4, -0.2) is 86.6 Å². The van der Waals surface area contributed by atoms with Gasteiger partial charge in [0, 0.05) is 26.4 Å². The normalized spacial score (nSPS) is 12.4. The van der Waals surface area contributed by atoms with Crippen molar-refractivity contribution in [3.63, 3.8) is 0 Å². The fourth-order valence-corrected chi connectivity index (χ4v) is 13.7. The number of esters is 2. The molecule has 13 nitrogen and oxygen atoms in total. The largest absolute Gasteiger partial charge is 0.493 e. The molecule has 0 bridgehead atoms. The molecule has 0 radical (unpaired) electrons. The van der Waals surface area contributed by atoms with Gasteiger partial charge >= 0.3 is 11.9 Å². The second-order valence-corrected chi connectivity index (χ2v) is 24.7. The van der Waals surface area contributed by atoms with E-state index in [0.717, 1.165) is 51.8 Å². The summed E-state index contributed by atoms with van der Waals surface area (Å²) in [5.74, 6) is -0.133. The van der Waals surface area contributed by atoms with Crippen LogP contribution in [0.5, 0.6) is 11.5 Å². The minimum absolute atomic E-state index is 0.0911. The first-order valence-electron chi connectivity index (χ1n) is 26.3. The number of hydrogen-bond donors (Lipinski definition) is 1. The van der Waals surface area contributed by atoms with Crippen LogP contribution in [0.1, 0.15) is 79.5 Å². The number of amides is 1. The van der Waals surface area contributed by atoms with Gasteiger partial charge in [-0.3, -0.25) is 14.4 Å². The van der Waals surface area contributed by atoms with Crippen LogP contribution in [0.2, 0.25) is 5.04 Å². The lowest BCUT2D eigenvalue weighted by atomic mass is 9.92. The number of rotatable bonds is 33. The SMILES string of the molecule is COc1ccc(COCCc2ccc(COCC(COCc3ccc(CCOC(C)=O)cc3)(COCc3ccc(CCO[Si](c4ccccc4)(c4ccccc4)C(C)(C)C)cc3)COC(=O)CCC(N)=O)cc2)cc1OC. The first-order valence-corrected chi connectivity index (χ1v) is 28.2. The molecule has 410 valence electrons. The van der Waals surface area contributed by atoms with E-state index in [0.29, 0.717) is 44.3 Å². The highest BCUT2D eigenvalue weighted by molar-refractivity contribution is 6.99. The first-order chi connectivity index (χ1) is 37.2. The Bertz CT molecular complexity index is 2670. The number of methoxy groups -OCH3 is 2. The molecule has 0 heterocycles. The van der Waals surface area contributed by atoms with E-state index in [1.54, 1.807) is 14.2 Å². The highest BCUT2D eigenvalue weighted by Crippen LogP contribution is 2.37. The van der Waals surface area contributed by atoms with Gasteiger partial charge in [0.05, 0.1) is 85.5 Å². The van der Waals surface area contributed by atoms with E-state index >= 15 is 0 Å². The van der Waals surface area contributed by atoms with Crippen molar-refractivity contribution in [3.8, 4) is 11.5 Å². The molecule has 0 saturated carbocycles. The zero-order valence-electron chi connectivity index (χ0n) is 45.7. The van der Waals surface area contributed by atoms with Crippen LogP contribution < -0.4 is 25.6 Å². The van der Waals surface area contributed by atoms with Crippen LogP contribution >= 0.6 is 0 Å². The Morgan fingerprint density at radius 3 is 1.34 bits per heavy atom. The van der Waals surface area contributed by atoms with Gasteiger partial charge in [0.1, 0.15) is 6.61 Å². The third-order valence-corrected chi connectivity index (χ3v) is 18.3. The van der Waals surface area contributed by atoms with E-state index in [1.807, 2.05) is 54.6 Å². The fraction of sp³-hybridized carbons (Fsp3) is 0.381. The Morgan fingerprint density at radius 2 is 0.896 bits per heavy atom. The summed E-state index contributed by atoms with van der Waals surface area (Å²) < 4.78 is 54.3. The highest BCUT2D eigenvalue weighted by atomic mass is 28.4. The van der Waals surface area contributed by atoms with Gasteiger partial charge in [0.2, 0.25) is 5.91 Å². The Labute approximate surface area is 456 Å². The Hall–Kier alpha value is -6.65. The highest BCUT2D eigenvalue weighted by Gasteiger charge is 2.50. The predicted octanol–water partition coefficient (Wildman–Crippen LogP) is 9.43. The van der Waals surface area contributed by atoms with Gasteiger partial charge in [-0.05, 0) is 79.3 Å². The summed E-state index contributed by atoms with van der Waals surface area (Å²) in [6, 6.07) is 51.6. The summed E-state index contributed by atoms with van der Waals surface area (Å²) >= 11 is 0. The summed E-state index contributed by atoms with van der Waals surface area (Å²) in [7, 11) is 0.545. The van der Waals surface area contributed by atoms with Gasteiger partial charge in [0.15, 0.2) is 11.5 Å². The van der Waals surface area contributed by atoms with Crippen LogP contribution in [0.4, 0.5) is 0 Å². The molecule has 0 aliphatic heterocycles. The number of primary amides is 1. The van der Waals surface area contributed by atoms with Crippen LogP contribution in [-0.2, 0) is 92.9 Å². The van der Waals surface area contributed by atoms with Crippen molar-refractivity contribution < 1.29 is 56.7 Å². The lowest BCUT2D eigenvalue weighted by Gasteiger charge is -2.43. The van der Waals surface area contributed by atoms with E-state index in [2.05, 4.69) is 118 Å². The first kappa shape index (κ1) is 59.6. The number of ether oxygens (including phenoxy) is 8. The van der Waals surface area contributed by atoms with E-state index in [1.165, 1.54) is 17.3 Å². The van der Waals surface area contributed by atoms with E-state index in [4.69, 9.17) is 48.1 Å². The molecular formula is C63H77NO12Si. The van der Waals surface area contributed by atoms with Crippen molar-refractivity contribution in [2.45, 2.75) is 91.3 Å². The molecular weight excluding hydrogens is 991 g/mol. The molecule has 6 rings (SSSR count). The van der Waals surface area contributed by atoms with Crippen molar-refractivity contribution in [2.24, 2.45) is 11.1 Å². The van der Waals surface area contributed by atoms with Crippen molar-refractivity contribution in [1.82, 2.24) is 0 Å². The number of hydrogen-bond acceptors (Lipinski definition) is 12. The molecule has 0 aromatic heterocycles. The van der Waals surface area contributed by atoms with Gasteiger partial charge in [-0.2, -0.15) is 0 Å². The maximum atomic E-state index is 13.0. The van der Waals surface area contributed by atoms with Crippen LogP contribution in [0.25, 0.3) is 0 Å². The maximum absolute atomic E-state index is 13.0. The quantitative estimate of drug-likeness (QED) is 0.0237. The molecule has 0 aliphatic carbocycles. The van der Waals surface area contributed by atoms with Crippen LogP contribution in [0, 0.1) is 5.41 Å². The summed E-state index contributed by atoms with van der Waals surface area (Å²) in [6.45, 7) is 11.2. The monoisotopic (exact) mass is 1070 g/mol. The molecule has 6 aromatic rings. The summed E-state index contributed by atoms with van der Waals surface area (Å²) in [5, 5.41) is 2.37. The Balaban J connectivity index is 1.11. The average molecular weight is 1070 g/mol. The zero-order valence-corrected chi connectivity index (χ0v) is 46.7. The molecule has 2 N–H and O–H groups in total. The molecule has 0 spiro atoms.